The molecule has 0 saturated carbocycles. The fraction of sp³-hybridized carbons (Fsp3) is 0.500. The van der Waals surface area contributed by atoms with Gasteiger partial charge in [-0.3, -0.25) is 0 Å². The first kappa shape index (κ1) is 4.30. The average Bonchev–Trinajstić information content (AvgIpc) is 2.14. The number of aliphatic imine (C=N–C) groups is 1. The van der Waals surface area contributed by atoms with Gasteiger partial charge in [0.1, 0.15) is 0 Å². The molecule has 3 nitrogen and oxygen atoms in total. The zero-order chi connectivity index (χ0) is 5.11. The van der Waals surface area contributed by atoms with Gasteiger partial charge in [0, 0.05) is 6.42 Å². The van der Waals surface area contributed by atoms with Crippen molar-refractivity contribution < 1.29 is 0 Å². The van der Waals surface area contributed by atoms with Crippen molar-refractivity contribution in [3.8, 4) is 0 Å². The molecule has 0 unspecified atom stereocenters. The Bertz CT molecular complexity index is 114. The molecule has 1 aliphatic heterocycles. The second-order valence-corrected chi connectivity index (χ2v) is 1.18. The summed E-state index contributed by atoms with van der Waals surface area (Å²) < 4.78 is 0. The highest BCUT2D eigenvalue weighted by Gasteiger charge is 1.97. The maximum absolute atomic E-state index is 3.69. The fourth-order valence-electron chi connectivity index (χ4n) is 0.332. The molecule has 0 fully saturated rings. The SMILES string of the molecule is CCC1=N[C]=N[N]1. The summed E-state index contributed by atoms with van der Waals surface area (Å²) in [5, 5.41) is 3.41. The van der Waals surface area contributed by atoms with E-state index in [-0.39, 0.29) is 0 Å². The zero-order valence-corrected chi connectivity index (χ0v) is 4.05. The van der Waals surface area contributed by atoms with Gasteiger partial charge in [-0.2, -0.15) is 0 Å². The van der Waals surface area contributed by atoms with E-state index >= 15 is 0 Å². The summed E-state index contributed by atoms with van der Waals surface area (Å²) >= 11 is 0. The van der Waals surface area contributed by atoms with E-state index < -0.39 is 0 Å². The summed E-state index contributed by atoms with van der Waals surface area (Å²) in [5.74, 6) is 0.764. The first-order valence-corrected chi connectivity index (χ1v) is 2.16. The van der Waals surface area contributed by atoms with Gasteiger partial charge in [0.05, 0.1) is 0 Å². The number of hydrogen-bond acceptors (Lipinski definition) is 2. The molecule has 36 valence electrons. The highest BCUT2D eigenvalue weighted by atomic mass is 15.4. The van der Waals surface area contributed by atoms with Gasteiger partial charge in [0.25, 0.3) is 0 Å². The predicted molar refractivity (Wildman–Crippen MR) is 27.3 cm³/mol. The van der Waals surface area contributed by atoms with Crippen LogP contribution in [0.15, 0.2) is 10.1 Å². The Balaban J connectivity index is 2.45. The van der Waals surface area contributed by atoms with E-state index in [1.165, 1.54) is 0 Å². The summed E-state index contributed by atoms with van der Waals surface area (Å²) in [7, 11) is 0. The van der Waals surface area contributed by atoms with Crippen LogP contribution in [0.2, 0.25) is 0 Å². The predicted octanol–water partition coefficient (Wildman–Crippen LogP) is 0.233. The topological polar surface area (TPSA) is 38.8 Å². The fourth-order valence-corrected chi connectivity index (χ4v) is 0.332. The summed E-state index contributed by atoms with van der Waals surface area (Å²) in [6.07, 6.45) is 3.21. The molecule has 0 aromatic rings. The standard InChI is InChI=1S/C4H5N3/c1-2-4-5-3-6-7-4/h2H2,1H3. The number of rotatable bonds is 1. The second kappa shape index (κ2) is 1.73. The lowest BCUT2D eigenvalue weighted by atomic mass is 10.5. The molecule has 0 spiro atoms. The second-order valence-electron chi connectivity index (χ2n) is 1.18. The number of nitrogens with zero attached hydrogens (tertiary/aromatic N) is 3. The quantitative estimate of drug-likeness (QED) is 0.447. The van der Waals surface area contributed by atoms with Crippen LogP contribution in [-0.4, -0.2) is 12.2 Å². The third-order valence-electron chi connectivity index (χ3n) is 0.705. The molecule has 1 heterocycles. The first-order chi connectivity index (χ1) is 3.43. The Labute approximate surface area is 42.1 Å². The molecule has 3 heteroatoms. The van der Waals surface area contributed by atoms with Crippen molar-refractivity contribution in [3.05, 3.63) is 0 Å². The van der Waals surface area contributed by atoms with Gasteiger partial charge in [-0.25, -0.2) is 4.99 Å². The van der Waals surface area contributed by atoms with Gasteiger partial charge in [-0.1, -0.05) is 6.92 Å². The van der Waals surface area contributed by atoms with Crippen LogP contribution in [0.3, 0.4) is 0 Å². The van der Waals surface area contributed by atoms with Crippen molar-refractivity contribution >= 4 is 12.2 Å². The molecule has 0 N–H and O–H groups in total. The zero-order valence-electron chi connectivity index (χ0n) is 4.05. The molecule has 0 amide bonds. The van der Waals surface area contributed by atoms with E-state index in [2.05, 4.69) is 21.9 Å². The summed E-state index contributed by atoms with van der Waals surface area (Å²) in [6, 6.07) is 0. The van der Waals surface area contributed by atoms with Crippen molar-refractivity contribution in [1.29, 1.82) is 0 Å². The molecule has 2 radical (unpaired) electrons. The molecule has 0 aromatic heterocycles. The summed E-state index contributed by atoms with van der Waals surface area (Å²) in [5.41, 5.74) is 3.62. The Kier molecular flexibility index (Phi) is 1.06. The third-order valence-corrected chi connectivity index (χ3v) is 0.705. The van der Waals surface area contributed by atoms with E-state index in [9.17, 15) is 0 Å². The van der Waals surface area contributed by atoms with E-state index in [4.69, 9.17) is 0 Å². The number of amidine groups is 1. The van der Waals surface area contributed by atoms with Gasteiger partial charge in [0.15, 0.2) is 5.84 Å². The molecule has 1 aliphatic rings. The van der Waals surface area contributed by atoms with Crippen LogP contribution in [-0.2, 0) is 0 Å². The molecular weight excluding hydrogens is 90.1 g/mol. The molecule has 0 aromatic carbocycles. The monoisotopic (exact) mass is 95.0 g/mol. The average molecular weight is 95.1 g/mol. The Morgan fingerprint density at radius 1 is 1.71 bits per heavy atom. The summed E-state index contributed by atoms with van der Waals surface area (Å²) in [6.45, 7) is 1.98. The van der Waals surface area contributed by atoms with Crippen LogP contribution in [0, 0.1) is 0 Å². The normalized spacial score (nSPS) is 16.4. The van der Waals surface area contributed by atoms with E-state index in [0.717, 1.165) is 12.3 Å². The first-order valence-electron chi connectivity index (χ1n) is 2.16. The van der Waals surface area contributed by atoms with Crippen LogP contribution >= 0.6 is 0 Å². The molecule has 7 heavy (non-hydrogen) atoms. The van der Waals surface area contributed by atoms with Gasteiger partial charge >= 0.3 is 0 Å². The Hall–Kier alpha value is -0.860. The molecule has 0 bridgehead atoms. The van der Waals surface area contributed by atoms with Crippen LogP contribution in [0.1, 0.15) is 13.3 Å². The van der Waals surface area contributed by atoms with Crippen molar-refractivity contribution in [3.63, 3.8) is 0 Å². The Morgan fingerprint density at radius 3 is 2.86 bits per heavy atom. The van der Waals surface area contributed by atoms with E-state index in [1.54, 1.807) is 0 Å². The molecule has 0 saturated heterocycles. The maximum Gasteiger partial charge on any atom is 0.223 e. The molecule has 0 aliphatic carbocycles. The lowest BCUT2D eigenvalue weighted by molar-refractivity contribution is 0.999. The minimum atomic E-state index is 0.764. The molecular formula is C4H5N3. The highest BCUT2D eigenvalue weighted by Crippen LogP contribution is 1.86. The molecule has 1 rings (SSSR count). The van der Waals surface area contributed by atoms with Crippen LogP contribution < -0.4 is 5.43 Å². The lowest BCUT2D eigenvalue weighted by Crippen LogP contribution is -2.02. The smallest absolute Gasteiger partial charge is 0.207 e. The maximum atomic E-state index is 3.69. The largest absolute Gasteiger partial charge is 0.223 e. The third kappa shape index (κ3) is 0.765. The van der Waals surface area contributed by atoms with Gasteiger partial charge < -0.3 is 0 Å². The van der Waals surface area contributed by atoms with Crippen molar-refractivity contribution in [2.24, 2.45) is 10.1 Å². The van der Waals surface area contributed by atoms with Crippen LogP contribution in [0.5, 0.6) is 0 Å². The minimum Gasteiger partial charge on any atom is -0.207 e. The van der Waals surface area contributed by atoms with Crippen LogP contribution in [0.4, 0.5) is 0 Å². The van der Waals surface area contributed by atoms with Gasteiger partial charge in [-0.05, 0) is 0 Å². The van der Waals surface area contributed by atoms with Crippen LogP contribution in [0.25, 0.3) is 0 Å². The molecule has 0 atom stereocenters. The highest BCUT2D eigenvalue weighted by molar-refractivity contribution is 5.91. The Morgan fingerprint density at radius 2 is 2.57 bits per heavy atom. The van der Waals surface area contributed by atoms with E-state index in [0.29, 0.717) is 0 Å². The number of hydrogen-bond donors (Lipinski definition) is 0. The van der Waals surface area contributed by atoms with Gasteiger partial charge in [0.2, 0.25) is 6.34 Å². The van der Waals surface area contributed by atoms with Crippen molar-refractivity contribution in [2.75, 3.05) is 0 Å². The minimum absolute atomic E-state index is 0.764. The van der Waals surface area contributed by atoms with Crippen molar-refractivity contribution in [2.45, 2.75) is 13.3 Å². The van der Waals surface area contributed by atoms with Gasteiger partial charge in [-0.15, -0.1) is 10.5 Å². The lowest BCUT2D eigenvalue weighted by Gasteiger charge is -1.83. The summed E-state index contributed by atoms with van der Waals surface area (Å²) in [4.78, 5) is 3.69. The van der Waals surface area contributed by atoms with Crippen molar-refractivity contribution in [1.82, 2.24) is 5.43 Å². The van der Waals surface area contributed by atoms with E-state index in [1.807, 2.05) is 6.92 Å².